The molecular formula is C17H17FO5Se. The molecule has 0 amide bonds. The van der Waals surface area contributed by atoms with E-state index < -0.39 is 37.5 Å². The average Bonchev–Trinajstić information content (AvgIpc) is 2.85. The van der Waals surface area contributed by atoms with Crippen LogP contribution in [0.15, 0.2) is 12.1 Å². The van der Waals surface area contributed by atoms with Gasteiger partial charge in [-0.2, -0.15) is 0 Å². The zero-order valence-corrected chi connectivity index (χ0v) is 15.1. The molecule has 2 aromatic rings. The van der Waals surface area contributed by atoms with Gasteiger partial charge in [0.25, 0.3) is 0 Å². The third-order valence-electron chi connectivity index (χ3n) is 4.65. The van der Waals surface area contributed by atoms with Crippen LogP contribution in [0.5, 0.6) is 11.5 Å². The van der Waals surface area contributed by atoms with Crippen LogP contribution < -0.4 is 9.47 Å². The Balaban J connectivity index is 1.99. The molecule has 1 saturated carbocycles. The number of hydrogen-bond donors (Lipinski definition) is 1. The molecule has 1 aliphatic rings. The van der Waals surface area contributed by atoms with Gasteiger partial charge in [0.2, 0.25) is 0 Å². The Morgan fingerprint density at radius 3 is 2.38 bits per heavy atom. The van der Waals surface area contributed by atoms with Gasteiger partial charge in [-0.3, -0.25) is 0 Å². The van der Waals surface area contributed by atoms with Gasteiger partial charge in [-0.05, 0) is 0 Å². The van der Waals surface area contributed by atoms with Crippen LogP contribution in [0, 0.1) is 11.2 Å². The number of rotatable bonds is 6. The topological polar surface area (TPSA) is 72.8 Å². The minimum absolute atomic E-state index is 0.111. The second-order valence-corrected chi connectivity index (χ2v) is 8.20. The number of carboxylic acid groups (broad SMARTS) is 1. The Kier molecular flexibility index (Phi) is 4.40. The monoisotopic (exact) mass is 400 g/mol. The van der Waals surface area contributed by atoms with Gasteiger partial charge >= 0.3 is 144 Å². The van der Waals surface area contributed by atoms with E-state index in [2.05, 4.69) is 0 Å². The summed E-state index contributed by atoms with van der Waals surface area (Å²) in [6.45, 7) is 0. The summed E-state index contributed by atoms with van der Waals surface area (Å²) in [4.78, 5) is 24.0. The second-order valence-electron chi connectivity index (χ2n) is 5.99. The van der Waals surface area contributed by atoms with Gasteiger partial charge in [-0.25, -0.2) is 0 Å². The first-order chi connectivity index (χ1) is 11.4. The molecule has 0 bridgehead atoms. The number of Topliss-reactive ketones (excluding diaryl/α,β-unsaturated/α-hetero) is 1. The summed E-state index contributed by atoms with van der Waals surface area (Å²) in [5.41, 5.74) is -1.01. The van der Waals surface area contributed by atoms with E-state index in [4.69, 9.17) is 9.47 Å². The number of fused-ring (bicyclic) bond motifs is 1. The van der Waals surface area contributed by atoms with Gasteiger partial charge in [0.1, 0.15) is 0 Å². The van der Waals surface area contributed by atoms with E-state index in [-0.39, 0.29) is 10.9 Å². The first kappa shape index (κ1) is 17.0. The molecule has 1 N–H and O–H groups in total. The van der Waals surface area contributed by atoms with Crippen molar-refractivity contribution in [3.8, 4) is 11.5 Å². The number of benzene rings is 1. The normalized spacial score (nSPS) is 15.8. The molecule has 0 atom stereocenters. The maximum absolute atomic E-state index is 14.7. The quantitative estimate of drug-likeness (QED) is 0.598. The van der Waals surface area contributed by atoms with Gasteiger partial charge < -0.3 is 0 Å². The van der Waals surface area contributed by atoms with Crippen LogP contribution in [0.3, 0.4) is 0 Å². The van der Waals surface area contributed by atoms with Crippen LogP contribution in [0.25, 0.3) is 9.65 Å². The van der Waals surface area contributed by atoms with E-state index in [1.165, 1.54) is 20.3 Å². The van der Waals surface area contributed by atoms with E-state index in [1.807, 2.05) is 0 Å². The number of halogens is 1. The van der Waals surface area contributed by atoms with Crippen LogP contribution in [0.4, 0.5) is 4.39 Å². The average molecular weight is 399 g/mol. The molecule has 128 valence electrons. The van der Waals surface area contributed by atoms with Crippen LogP contribution in [-0.2, 0) is 4.79 Å². The Morgan fingerprint density at radius 2 is 1.88 bits per heavy atom. The van der Waals surface area contributed by atoms with E-state index in [0.717, 1.165) is 6.42 Å². The summed E-state index contributed by atoms with van der Waals surface area (Å²) in [6.07, 6.45) is 1.62. The van der Waals surface area contributed by atoms with Crippen molar-refractivity contribution in [3.63, 3.8) is 0 Å². The number of ketones is 1. The number of carbonyl (C=O) groups excluding carboxylic acids is 1. The van der Waals surface area contributed by atoms with Crippen molar-refractivity contribution < 1.29 is 28.6 Å². The molecular weight excluding hydrogens is 382 g/mol. The summed E-state index contributed by atoms with van der Waals surface area (Å²) >= 11 is -0.501. The minimum atomic E-state index is -1.01. The fraction of sp³-hybridized carbons (Fsp3) is 0.412. The number of carbonyl (C=O) groups is 2. The van der Waals surface area contributed by atoms with Gasteiger partial charge in [-0.1, -0.05) is 0 Å². The van der Waals surface area contributed by atoms with E-state index in [0.29, 0.717) is 34.0 Å². The van der Waals surface area contributed by atoms with Crippen LogP contribution in [-0.4, -0.2) is 45.6 Å². The number of carboxylic acids is 1. The molecule has 0 spiro atoms. The fourth-order valence-corrected chi connectivity index (χ4v) is 5.19. The van der Waals surface area contributed by atoms with E-state index >= 15 is 0 Å². The summed E-state index contributed by atoms with van der Waals surface area (Å²) in [6, 6.07) is 3.21. The molecule has 0 unspecified atom stereocenters. The van der Waals surface area contributed by atoms with Crippen molar-refractivity contribution >= 4 is 35.9 Å². The van der Waals surface area contributed by atoms with Crippen LogP contribution in [0.1, 0.15) is 34.9 Å². The van der Waals surface area contributed by atoms with Crippen molar-refractivity contribution in [3.05, 3.63) is 22.4 Å². The number of methoxy groups -OCH3 is 2. The first-order valence-electron chi connectivity index (χ1n) is 7.52. The SMILES string of the molecule is COc1cc2[se]c(C(=O)CC3(C(=O)O)CCC3)c(F)c2cc1OC. The zero-order chi connectivity index (χ0) is 17.5. The number of ether oxygens (including phenoxy) is 2. The van der Waals surface area contributed by atoms with Gasteiger partial charge in [0.05, 0.1) is 0 Å². The van der Waals surface area contributed by atoms with Crippen molar-refractivity contribution in [2.75, 3.05) is 14.2 Å². The van der Waals surface area contributed by atoms with Crippen molar-refractivity contribution in [1.82, 2.24) is 0 Å². The summed E-state index contributed by atoms with van der Waals surface area (Å²) in [5, 5.41) is 9.70. The fourth-order valence-electron chi connectivity index (χ4n) is 3.03. The van der Waals surface area contributed by atoms with Gasteiger partial charge in [0, 0.05) is 0 Å². The molecule has 1 fully saturated rings. The summed E-state index contributed by atoms with van der Waals surface area (Å²) < 4.78 is 25.9. The molecule has 24 heavy (non-hydrogen) atoms. The molecule has 0 saturated heterocycles. The standard InChI is InChI=1S/C17H17FO5Se/c1-22-11-6-9-13(7-12(11)23-2)24-15(14(9)18)10(19)8-17(16(20)21)4-3-5-17/h6-7H,3-5,8H2,1-2H3,(H,20,21). The Morgan fingerprint density at radius 1 is 1.25 bits per heavy atom. The predicted molar refractivity (Wildman–Crippen MR) is 86.8 cm³/mol. The number of hydrogen-bond acceptors (Lipinski definition) is 4. The Hall–Kier alpha value is -1.85. The van der Waals surface area contributed by atoms with Crippen LogP contribution in [0.2, 0.25) is 0 Å². The van der Waals surface area contributed by atoms with E-state index in [1.54, 1.807) is 6.07 Å². The van der Waals surface area contributed by atoms with Gasteiger partial charge in [-0.15, -0.1) is 0 Å². The summed E-state index contributed by atoms with van der Waals surface area (Å²) in [5.74, 6) is -1.04. The maximum atomic E-state index is 14.7. The van der Waals surface area contributed by atoms with Crippen molar-refractivity contribution in [2.24, 2.45) is 5.41 Å². The summed E-state index contributed by atoms with van der Waals surface area (Å²) in [7, 11) is 2.96. The molecule has 0 radical (unpaired) electrons. The van der Waals surface area contributed by atoms with Crippen LogP contribution >= 0.6 is 0 Å². The molecule has 1 heterocycles. The third-order valence-corrected chi connectivity index (χ3v) is 7.10. The van der Waals surface area contributed by atoms with Crippen molar-refractivity contribution in [2.45, 2.75) is 25.7 Å². The molecule has 7 heteroatoms. The molecule has 1 aromatic heterocycles. The molecule has 3 rings (SSSR count). The third kappa shape index (κ3) is 2.62. The first-order valence-corrected chi connectivity index (χ1v) is 9.24. The number of aliphatic carboxylic acids is 1. The Bertz CT molecular complexity index is 822. The molecule has 1 aliphatic carbocycles. The van der Waals surface area contributed by atoms with Crippen molar-refractivity contribution in [1.29, 1.82) is 0 Å². The Labute approximate surface area is 144 Å². The molecule has 0 aliphatic heterocycles. The molecule has 1 aromatic carbocycles. The molecule has 5 nitrogen and oxygen atoms in total. The second kappa shape index (κ2) is 6.22. The van der Waals surface area contributed by atoms with Gasteiger partial charge in [0.15, 0.2) is 0 Å². The van der Waals surface area contributed by atoms with E-state index in [9.17, 15) is 19.1 Å². The predicted octanol–water partition coefficient (Wildman–Crippen LogP) is 2.88. The zero-order valence-electron chi connectivity index (χ0n) is 13.3.